The van der Waals surface area contributed by atoms with Gasteiger partial charge >= 0.3 is 5.97 Å². The summed E-state index contributed by atoms with van der Waals surface area (Å²) in [6, 6.07) is 1.62. The van der Waals surface area contributed by atoms with Gasteiger partial charge in [0.05, 0.1) is 21.7 Å². The maximum atomic E-state index is 12.6. The van der Waals surface area contributed by atoms with E-state index in [1.54, 1.807) is 13.0 Å². The van der Waals surface area contributed by atoms with Gasteiger partial charge in [0.1, 0.15) is 0 Å². The highest BCUT2D eigenvalue weighted by atomic mass is 79.9. The largest absolute Gasteiger partial charge is 0.469 e. The van der Waals surface area contributed by atoms with Crippen molar-refractivity contribution in [3.8, 4) is 0 Å². The highest BCUT2D eigenvalue weighted by Crippen LogP contribution is 2.33. The molecular weight excluding hydrogens is 366 g/mol. The van der Waals surface area contributed by atoms with Crippen LogP contribution in [0.5, 0.6) is 0 Å². The van der Waals surface area contributed by atoms with Crippen LogP contribution in [-0.2, 0) is 19.6 Å². The van der Waals surface area contributed by atoms with Crippen LogP contribution < -0.4 is 0 Å². The summed E-state index contributed by atoms with van der Waals surface area (Å²) in [4.78, 5) is 12.7. The summed E-state index contributed by atoms with van der Waals surface area (Å²) in [5.74, 6) is -0.709. The third-order valence-corrected chi connectivity index (χ3v) is 7.05. The number of methoxy groups -OCH3 is 1. The molecule has 2 heterocycles. The number of hydrogen-bond donors (Lipinski definition) is 0. The second-order valence-electron chi connectivity index (χ2n) is 4.70. The Labute approximate surface area is 131 Å². The van der Waals surface area contributed by atoms with Crippen LogP contribution in [0.15, 0.2) is 14.7 Å². The number of carbonyl (C=O) groups is 1. The molecule has 1 aromatic heterocycles. The zero-order valence-electron chi connectivity index (χ0n) is 11.3. The maximum absolute atomic E-state index is 12.6. The Morgan fingerprint density at radius 1 is 1.55 bits per heavy atom. The van der Waals surface area contributed by atoms with Gasteiger partial charge in [-0.3, -0.25) is 4.79 Å². The summed E-state index contributed by atoms with van der Waals surface area (Å²) < 4.78 is 32.2. The van der Waals surface area contributed by atoms with Crippen molar-refractivity contribution < 1.29 is 17.9 Å². The third-order valence-electron chi connectivity index (χ3n) is 3.38. The molecule has 1 aliphatic rings. The summed E-state index contributed by atoms with van der Waals surface area (Å²) in [6.07, 6.45) is 1.34. The van der Waals surface area contributed by atoms with E-state index < -0.39 is 10.0 Å². The first-order chi connectivity index (χ1) is 9.36. The lowest BCUT2D eigenvalue weighted by Gasteiger charge is -2.30. The number of aryl methyl sites for hydroxylation is 1. The van der Waals surface area contributed by atoms with Gasteiger partial charge in [-0.15, -0.1) is 11.3 Å². The highest BCUT2D eigenvalue weighted by molar-refractivity contribution is 9.11. The Hall–Kier alpha value is -0.440. The number of halogens is 1. The molecule has 1 aliphatic heterocycles. The molecule has 0 radical (unpaired) electrons. The smallest absolute Gasteiger partial charge is 0.309 e. The fraction of sp³-hybridized carbons (Fsp3) is 0.583. The minimum atomic E-state index is -3.54. The Bertz CT molecular complexity index is 611. The number of rotatable bonds is 3. The van der Waals surface area contributed by atoms with E-state index in [0.717, 1.165) is 8.66 Å². The second-order valence-corrected chi connectivity index (χ2v) is 9.24. The number of esters is 1. The van der Waals surface area contributed by atoms with Crippen molar-refractivity contribution in [2.45, 2.75) is 24.7 Å². The zero-order valence-corrected chi connectivity index (χ0v) is 14.5. The second kappa shape index (κ2) is 6.13. The molecule has 1 saturated heterocycles. The Morgan fingerprint density at radius 2 is 2.25 bits per heavy atom. The Morgan fingerprint density at radius 3 is 2.80 bits per heavy atom. The van der Waals surface area contributed by atoms with E-state index in [1.165, 1.54) is 22.8 Å². The van der Waals surface area contributed by atoms with Gasteiger partial charge in [0.15, 0.2) is 0 Å². The van der Waals surface area contributed by atoms with Gasteiger partial charge in [-0.2, -0.15) is 4.31 Å². The number of sulfonamides is 1. The Kier molecular flexibility index (Phi) is 4.88. The molecule has 0 bridgehead atoms. The quantitative estimate of drug-likeness (QED) is 0.754. The molecular formula is C12H16BrNO4S2. The van der Waals surface area contributed by atoms with Crippen molar-refractivity contribution >= 4 is 43.3 Å². The van der Waals surface area contributed by atoms with Crippen LogP contribution in [0, 0.1) is 12.8 Å². The van der Waals surface area contributed by atoms with E-state index in [-0.39, 0.29) is 18.4 Å². The van der Waals surface area contributed by atoms with Crippen LogP contribution >= 0.6 is 27.3 Å². The third kappa shape index (κ3) is 3.08. The van der Waals surface area contributed by atoms with Crippen LogP contribution in [0.3, 0.4) is 0 Å². The average molecular weight is 382 g/mol. The lowest BCUT2D eigenvalue weighted by molar-refractivity contribution is -0.146. The fourth-order valence-corrected chi connectivity index (χ4v) is 6.25. The normalized spacial score (nSPS) is 20.9. The molecule has 0 N–H and O–H groups in total. The van der Waals surface area contributed by atoms with Gasteiger partial charge < -0.3 is 4.74 Å². The number of thiophene rings is 1. The van der Waals surface area contributed by atoms with Crippen LogP contribution in [0.1, 0.15) is 17.7 Å². The molecule has 112 valence electrons. The van der Waals surface area contributed by atoms with Crippen molar-refractivity contribution in [1.82, 2.24) is 4.31 Å². The van der Waals surface area contributed by atoms with Crippen molar-refractivity contribution in [2.75, 3.05) is 20.2 Å². The van der Waals surface area contributed by atoms with Gasteiger partial charge in [0, 0.05) is 18.0 Å². The van der Waals surface area contributed by atoms with Crippen molar-refractivity contribution in [3.05, 3.63) is 14.7 Å². The van der Waals surface area contributed by atoms with Crippen molar-refractivity contribution in [3.63, 3.8) is 0 Å². The van der Waals surface area contributed by atoms with Crippen LogP contribution in [0.4, 0.5) is 0 Å². The van der Waals surface area contributed by atoms with Crippen LogP contribution in [-0.4, -0.2) is 38.9 Å². The maximum Gasteiger partial charge on any atom is 0.309 e. The summed E-state index contributed by atoms with van der Waals surface area (Å²) in [6.45, 7) is 2.43. The zero-order chi connectivity index (χ0) is 14.9. The van der Waals surface area contributed by atoms with Gasteiger partial charge in [0.2, 0.25) is 10.0 Å². The van der Waals surface area contributed by atoms with E-state index >= 15 is 0 Å². The molecule has 1 atom stereocenters. The molecule has 1 aromatic rings. The molecule has 0 amide bonds. The minimum absolute atomic E-state index is 0.196. The molecule has 8 heteroatoms. The Balaban J connectivity index is 2.26. The highest BCUT2D eigenvalue weighted by Gasteiger charge is 2.35. The van der Waals surface area contributed by atoms with E-state index in [1.807, 2.05) is 0 Å². The average Bonchev–Trinajstić information content (AvgIpc) is 2.77. The molecule has 0 aliphatic carbocycles. The topological polar surface area (TPSA) is 63.7 Å². The van der Waals surface area contributed by atoms with Crippen LogP contribution in [0.25, 0.3) is 0 Å². The van der Waals surface area contributed by atoms with Gasteiger partial charge in [-0.25, -0.2) is 8.42 Å². The van der Waals surface area contributed by atoms with Crippen molar-refractivity contribution in [2.24, 2.45) is 5.92 Å². The molecule has 0 spiro atoms. The van der Waals surface area contributed by atoms with Crippen molar-refractivity contribution in [1.29, 1.82) is 0 Å². The number of piperidine rings is 1. The van der Waals surface area contributed by atoms with E-state index in [2.05, 4.69) is 15.9 Å². The first-order valence-electron chi connectivity index (χ1n) is 6.20. The molecule has 20 heavy (non-hydrogen) atoms. The number of carbonyl (C=O) groups excluding carboxylic acids is 1. The van der Waals surface area contributed by atoms with Gasteiger partial charge in [-0.1, -0.05) is 0 Å². The summed E-state index contributed by atoms with van der Waals surface area (Å²) in [5.41, 5.74) is 0. The van der Waals surface area contributed by atoms with E-state index in [4.69, 9.17) is 4.74 Å². The van der Waals surface area contributed by atoms with Gasteiger partial charge in [0.25, 0.3) is 0 Å². The monoisotopic (exact) mass is 381 g/mol. The number of ether oxygens (including phenoxy) is 1. The van der Waals surface area contributed by atoms with Crippen LogP contribution in [0.2, 0.25) is 0 Å². The molecule has 5 nitrogen and oxygen atoms in total. The predicted octanol–water partition coefficient (Wildman–Crippen LogP) is 2.39. The summed E-state index contributed by atoms with van der Waals surface area (Å²) in [5, 5.41) is 0. The number of nitrogens with zero attached hydrogens (tertiary/aromatic N) is 1. The van der Waals surface area contributed by atoms with Gasteiger partial charge in [-0.05, 0) is 41.8 Å². The minimum Gasteiger partial charge on any atom is -0.469 e. The molecule has 0 aromatic carbocycles. The lowest BCUT2D eigenvalue weighted by atomic mass is 10.0. The predicted molar refractivity (Wildman–Crippen MR) is 80.3 cm³/mol. The van der Waals surface area contributed by atoms with E-state index in [0.29, 0.717) is 24.3 Å². The molecule has 0 unspecified atom stereocenters. The molecule has 2 rings (SSSR count). The molecule has 1 fully saturated rings. The standard InChI is InChI=1S/C12H16BrNO4S2/c1-8-10(6-11(13)19-8)20(16,17)14-5-3-4-9(7-14)12(15)18-2/h6,9H,3-5,7H2,1-2H3/t9-/m0/s1. The first-order valence-corrected chi connectivity index (χ1v) is 9.25. The fourth-order valence-electron chi connectivity index (χ4n) is 2.35. The molecule has 0 saturated carbocycles. The lowest BCUT2D eigenvalue weighted by Crippen LogP contribution is -2.42. The summed E-state index contributed by atoms with van der Waals surface area (Å²) in [7, 11) is -2.21. The SMILES string of the molecule is COC(=O)[C@H]1CCCN(S(=O)(=O)c2cc(Br)sc2C)C1. The number of hydrogen-bond acceptors (Lipinski definition) is 5. The van der Waals surface area contributed by atoms with E-state index in [9.17, 15) is 13.2 Å². The summed E-state index contributed by atoms with van der Waals surface area (Å²) >= 11 is 4.70. The first kappa shape index (κ1) is 15.9.